The van der Waals surface area contributed by atoms with Crippen LogP contribution in [0.15, 0.2) is 12.2 Å². The molecule has 3 N–H and O–H groups in total. The number of aliphatic hydroxyl groups excluding tert-OH is 2. The maximum Gasteiger partial charge on any atom is 0.305 e. The molecule has 2 unspecified atom stereocenters. The van der Waals surface area contributed by atoms with Crippen molar-refractivity contribution in [2.24, 2.45) is 0 Å². The summed E-state index contributed by atoms with van der Waals surface area (Å²) in [7, 11) is 0. The molecule has 0 saturated carbocycles. The van der Waals surface area contributed by atoms with Gasteiger partial charge in [0.05, 0.1) is 25.4 Å². The van der Waals surface area contributed by atoms with Crippen LogP contribution in [0.1, 0.15) is 316 Å². The summed E-state index contributed by atoms with van der Waals surface area (Å²) in [5, 5.41) is 23.3. The van der Waals surface area contributed by atoms with Crippen molar-refractivity contribution in [2.45, 2.75) is 328 Å². The molecule has 2 atom stereocenters. The van der Waals surface area contributed by atoms with E-state index in [2.05, 4.69) is 31.3 Å². The van der Waals surface area contributed by atoms with E-state index in [9.17, 15) is 19.8 Å². The molecule has 0 radical (unpaired) electrons. The zero-order valence-electron chi connectivity index (χ0n) is 42.6. The van der Waals surface area contributed by atoms with E-state index >= 15 is 0 Å². The van der Waals surface area contributed by atoms with Gasteiger partial charge in [-0.3, -0.25) is 9.59 Å². The summed E-state index contributed by atoms with van der Waals surface area (Å²) in [5.41, 5.74) is 0. The van der Waals surface area contributed by atoms with E-state index in [0.717, 1.165) is 44.9 Å². The molecule has 6 heteroatoms. The maximum atomic E-state index is 12.5. The third kappa shape index (κ3) is 49.9. The molecular formula is C57H111NO5. The Labute approximate surface area is 393 Å². The summed E-state index contributed by atoms with van der Waals surface area (Å²) >= 11 is 0. The molecule has 0 heterocycles. The quantitative estimate of drug-likeness (QED) is 0.0321. The Hall–Kier alpha value is -1.40. The van der Waals surface area contributed by atoms with E-state index < -0.39 is 12.1 Å². The van der Waals surface area contributed by atoms with Crippen LogP contribution in [0.5, 0.6) is 0 Å². The van der Waals surface area contributed by atoms with Gasteiger partial charge < -0.3 is 20.3 Å². The van der Waals surface area contributed by atoms with Gasteiger partial charge in [0.2, 0.25) is 5.91 Å². The third-order valence-corrected chi connectivity index (χ3v) is 13.3. The van der Waals surface area contributed by atoms with E-state index in [1.165, 1.54) is 238 Å². The van der Waals surface area contributed by atoms with Crippen LogP contribution in [0, 0.1) is 0 Å². The first-order valence-corrected chi connectivity index (χ1v) is 28.4. The molecule has 6 nitrogen and oxygen atoms in total. The Morgan fingerprint density at radius 2 is 0.746 bits per heavy atom. The number of allylic oxidation sites excluding steroid dienone is 2. The van der Waals surface area contributed by atoms with E-state index in [-0.39, 0.29) is 18.5 Å². The fourth-order valence-electron chi connectivity index (χ4n) is 8.93. The number of unbranched alkanes of at least 4 members (excludes halogenated alkanes) is 40. The Bertz CT molecular complexity index is 939. The van der Waals surface area contributed by atoms with Gasteiger partial charge in [0.15, 0.2) is 0 Å². The van der Waals surface area contributed by atoms with Gasteiger partial charge >= 0.3 is 5.97 Å². The molecule has 1 amide bonds. The first-order chi connectivity index (χ1) is 31.0. The summed E-state index contributed by atoms with van der Waals surface area (Å²) in [6.45, 7) is 4.94. The Morgan fingerprint density at radius 3 is 1.14 bits per heavy atom. The first kappa shape index (κ1) is 61.6. The predicted octanol–water partition coefficient (Wildman–Crippen LogP) is 17.3. The highest BCUT2D eigenvalue weighted by molar-refractivity contribution is 5.76. The van der Waals surface area contributed by atoms with Crippen molar-refractivity contribution in [3.8, 4) is 0 Å². The van der Waals surface area contributed by atoms with Gasteiger partial charge in [-0.2, -0.15) is 0 Å². The maximum absolute atomic E-state index is 12.5. The van der Waals surface area contributed by atoms with Crippen molar-refractivity contribution in [1.82, 2.24) is 5.32 Å². The van der Waals surface area contributed by atoms with Crippen molar-refractivity contribution in [3.63, 3.8) is 0 Å². The molecule has 0 saturated heterocycles. The number of esters is 1. The molecule has 374 valence electrons. The van der Waals surface area contributed by atoms with Crippen LogP contribution in [0.4, 0.5) is 0 Å². The standard InChI is InChI=1S/C57H111NO5/c1-3-5-7-9-11-13-15-17-18-19-22-26-29-33-37-41-45-49-55(60)54(53-59)58-56(61)50-46-42-38-34-30-27-23-20-21-24-28-32-36-40-44-48-52-63-57(62)51-47-43-39-35-31-25-16-14-12-10-8-6-4-2/h14,16,54-55,59-60H,3-13,15,17-53H2,1-2H3,(H,58,61)/b16-14-. The molecule has 0 fully saturated rings. The Balaban J connectivity index is 3.42. The van der Waals surface area contributed by atoms with Crippen molar-refractivity contribution in [3.05, 3.63) is 12.2 Å². The van der Waals surface area contributed by atoms with E-state index in [4.69, 9.17) is 4.74 Å². The zero-order valence-corrected chi connectivity index (χ0v) is 42.6. The van der Waals surface area contributed by atoms with Gasteiger partial charge in [-0.25, -0.2) is 0 Å². The minimum atomic E-state index is -0.668. The van der Waals surface area contributed by atoms with Crippen molar-refractivity contribution in [2.75, 3.05) is 13.2 Å². The molecule has 0 aromatic carbocycles. The minimum absolute atomic E-state index is 0.00545. The van der Waals surface area contributed by atoms with Crippen LogP contribution in [-0.4, -0.2) is 47.4 Å². The van der Waals surface area contributed by atoms with Crippen LogP contribution >= 0.6 is 0 Å². The van der Waals surface area contributed by atoms with Crippen molar-refractivity contribution >= 4 is 11.9 Å². The second-order valence-electron chi connectivity index (χ2n) is 19.6. The molecular weight excluding hydrogens is 779 g/mol. The van der Waals surface area contributed by atoms with Crippen LogP contribution < -0.4 is 5.32 Å². The zero-order chi connectivity index (χ0) is 45.8. The van der Waals surface area contributed by atoms with Gasteiger partial charge in [0, 0.05) is 12.8 Å². The first-order valence-electron chi connectivity index (χ1n) is 28.4. The molecule has 0 aliphatic heterocycles. The summed E-state index contributed by atoms with van der Waals surface area (Å²) < 4.78 is 5.46. The molecule has 0 spiro atoms. The van der Waals surface area contributed by atoms with Crippen molar-refractivity contribution < 1.29 is 24.5 Å². The third-order valence-electron chi connectivity index (χ3n) is 13.3. The number of carbonyl (C=O) groups is 2. The average molecular weight is 891 g/mol. The lowest BCUT2D eigenvalue weighted by Crippen LogP contribution is -2.45. The molecule has 0 rings (SSSR count). The summed E-state index contributed by atoms with van der Waals surface area (Å²) in [5.74, 6) is -0.0450. The SMILES string of the molecule is CCCCCC/C=C\CCCCCCCC(=O)OCCCCCCCCCCCCCCCCCCC(=O)NC(CO)C(O)CCCCCCCCCCCCCCCCCCC. The normalized spacial score (nSPS) is 12.6. The topological polar surface area (TPSA) is 95.9 Å². The molecule has 0 aromatic rings. The number of carbonyl (C=O) groups excluding carboxylic acids is 2. The second-order valence-corrected chi connectivity index (χ2v) is 19.6. The fourth-order valence-corrected chi connectivity index (χ4v) is 8.93. The molecule has 0 aliphatic carbocycles. The predicted molar refractivity (Wildman–Crippen MR) is 273 cm³/mol. The lowest BCUT2D eigenvalue weighted by atomic mass is 10.0. The van der Waals surface area contributed by atoms with Gasteiger partial charge in [-0.1, -0.05) is 264 Å². The van der Waals surface area contributed by atoms with E-state index in [1.54, 1.807) is 0 Å². The lowest BCUT2D eigenvalue weighted by Gasteiger charge is -2.22. The van der Waals surface area contributed by atoms with Crippen molar-refractivity contribution in [1.29, 1.82) is 0 Å². The molecule has 63 heavy (non-hydrogen) atoms. The highest BCUT2D eigenvalue weighted by Crippen LogP contribution is 2.17. The Morgan fingerprint density at radius 1 is 0.429 bits per heavy atom. The highest BCUT2D eigenvalue weighted by atomic mass is 16.5. The average Bonchev–Trinajstić information content (AvgIpc) is 3.28. The van der Waals surface area contributed by atoms with Crippen LogP contribution in [0.3, 0.4) is 0 Å². The molecule has 0 aromatic heterocycles. The number of amides is 1. The van der Waals surface area contributed by atoms with Crippen LogP contribution in [0.2, 0.25) is 0 Å². The second kappa shape index (κ2) is 53.2. The number of nitrogens with one attached hydrogen (secondary N) is 1. The largest absolute Gasteiger partial charge is 0.466 e. The molecule has 0 aliphatic rings. The number of hydrogen-bond donors (Lipinski definition) is 3. The number of aliphatic hydroxyl groups is 2. The molecule has 0 bridgehead atoms. The highest BCUT2D eigenvalue weighted by Gasteiger charge is 2.20. The van der Waals surface area contributed by atoms with Gasteiger partial charge in [0.25, 0.3) is 0 Å². The van der Waals surface area contributed by atoms with Gasteiger partial charge in [-0.15, -0.1) is 0 Å². The van der Waals surface area contributed by atoms with Crippen LogP contribution in [-0.2, 0) is 14.3 Å². The van der Waals surface area contributed by atoms with E-state index in [0.29, 0.717) is 25.9 Å². The fraction of sp³-hybridized carbons (Fsp3) is 0.930. The summed E-state index contributed by atoms with van der Waals surface area (Å²) in [6, 6.07) is -0.546. The smallest absolute Gasteiger partial charge is 0.305 e. The number of hydrogen-bond acceptors (Lipinski definition) is 5. The van der Waals surface area contributed by atoms with E-state index in [1.807, 2.05) is 0 Å². The Kier molecular flexibility index (Phi) is 52.0. The monoisotopic (exact) mass is 890 g/mol. The van der Waals surface area contributed by atoms with Crippen LogP contribution in [0.25, 0.3) is 0 Å². The minimum Gasteiger partial charge on any atom is -0.466 e. The number of ether oxygens (including phenoxy) is 1. The summed E-state index contributed by atoms with van der Waals surface area (Å²) in [4.78, 5) is 24.5. The number of rotatable bonds is 53. The van der Waals surface area contributed by atoms with Gasteiger partial charge in [-0.05, 0) is 51.4 Å². The lowest BCUT2D eigenvalue weighted by molar-refractivity contribution is -0.143. The van der Waals surface area contributed by atoms with Gasteiger partial charge in [0.1, 0.15) is 0 Å². The summed E-state index contributed by atoms with van der Waals surface area (Å²) in [6.07, 6.45) is 61.9.